The summed E-state index contributed by atoms with van der Waals surface area (Å²) in [5.41, 5.74) is 0.145. The van der Waals surface area contributed by atoms with Crippen LogP contribution in [0.3, 0.4) is 0 Å². The molecule has 0 amide bonds. The Bertz CT molecular complexity index is 1250. The van der Waals surface area contributed by atoms with Gasteiger partial charge in [-0.2, -0.15) is 0 Å². The maximum absolute atomic E-state index is 13.5. The van der Waals surface area contributed by atoms with E-state index in [0.717, 1.165) is 30.5 Å². The van der Waals surface area contributed by atoms with Crippen LogP contribution in [0.15, 0.2) is 46.0 Å². The average Bonchev–Trinajstić information content (AvgIpc) is 2.78. The van der Waals surface area contributed by atoms with E-state index in [9.17, 15) is 18.4 Å². The monoisotopic (exact) mass is 483 g/mol. The highest BCUT2D eigenvalue weighted by Gasteiger charge is 2.22. The highest BCUT2D eigenvalue weighted by Crippen LogP contribution is 2.25. The third-order valence-corrected chi connectivity index (χ3v) is 6.25. The number of halogens is 4. The molecule has 1 aliphatic heterocycles. The number of benzene rings is 2. The van der Waals surface area contributed by atoms with Crippen LogP contribution < -0.4 is 21.3 Å². The van der Waals surface area contributed by atoms with Crippen LogP contribution in [0.1, 0.15) is 24.4 Å². The van der Waals surface area contributed by atoms with Crippen molar-refractivity contribution in [3.8, 4) is 5.75 Å². The number of aromatic nitrogens is 2. The number of rotatable bonds is 6. The van der Waals surface area contributed by atoms with Crippen molar-refractivity contribution in [1.29, 1.82) is 0 Å². The van der Waals surface area contributed by atoms with Gasteiger partial charge in [0.15, 0.2) is 0 Å². The lowest BCUT2D eigenvalue weighted by atomic mass is 10.1. The van der Waals surface area contributed by atoms with Crippen molar-refractivity contribution < 1.29 is 13.5 Å². The molecule has 0 spiro atoms. The van der Waals surface area contributed by atoms with Gasteiger partial charge in [-0.05, 0) is 61.8 Å². The van der Waals surface area contributed by atoms with Gasteiger partial charge in [0.2, 0.25) is 0 Å². The average molecular weight is 484 g/mol. The van der Waals surface area contributed by atoms with Gasteiger partial charge in [0.25, 0.3) is 12.0 Å². The summed E-state index contributed by atoms with van der Waals surface area (Å²) < 4.78 is 33.0. The Morgan fingerprint density at radius 3 is 2.50 bits per heavy atom. The summed E-state index contributed by atoms with van der Waals surface area (Å²) in [6, 6.07) is 9.32. The number of fused-ring (bicyclic) bond motifs is 1. The van der Waals surface area contributed by atoms with E-state index in [1.54, 1.807) is 28.8 Å². The fourth-order valence-electron chi connectivity index (χ4n) is 3.99. The highest BCUT2D eigenvalue weighted by atomic mass is 35.5. The zero-order valence-electron chi connectivity index (χ0n) is 17.0. The molecule has 4 rings (SSSR count). The lowest BCUT2D eigenvalue weighted by molar-refractivity contribution is 0.0819. The normalized spacial score (nSPS) is 14.9. The second kappa shape index (κ2) is 9.60. The molecule has 1 saturated heterocycles. The van der Waals surface area contributed by atoms with Crippen LogP contribution in [-0.4, -0.2) is 35.3 Å². The number of nitrogens with one attached hydrogen (secondary N) is 1. The van der Waals surface area contributed by atoms with Crippen LogP contribution in [0.4, 0.5) is 8.78 Å². The van der Waals surface area contributed by atoms with Crippen LogP contribution in [0.5, 0.6) is 5.75 Å². The van der Waals surface area contributed by atoms with Gasteiger partial charge < -0.3 is 10.1 Å². The maximum Gasteiger partial charge on any atom is 0.332 e. The topological polar surface area (TPSA) is 65.3 Å². The summed E-state index contributed by atoms with van der Waals surface area (Å²) in [6.07, 6.45) is -1.19. The van der Waals surface area contributed by atoms with Crippen molar-refractivity contribution in [3.05, 3.63) is 72.8 Å². The van der Waals surface area contributed by atoms with E-state index in [-0.39, 0.29) is 23.7 Å². The van der Waals surface area contributed by atoms with Crippen molar-refractivity contribution in [2.75, 3.05) is 19.7 Å². The first-order valence-corrected chi connectivity index (χ1v) is 11.0. The Hall–Kier alpha value is -2.42. The lowest BCUT2D eigenvalue weighted by Gasteiger charge is -2.27. The van der Waals surface area contributed by atoms with E-state index in [1.807, 2.05) is 0 Å². The van der Waals surface area contributed by atoms with E-state index < -0.39 is 24.3 Å². The lowest BCUT2D eigenvalue weighted by Crippen LogP contribution is -2.43. The molecule has 0 atom stereocenters. The fraction of sp³-hybridized carbons (Fsp3) is 0.364. The number of alkyl halides is 2. The molecule has 32 heavy (non-hydrogen) atoms. The number of hydrogen-bond acceptors (Lipinski definition) is 4. The molecule has 6 nitrogen and oxygen atoms in total. The molecule has 3 aromatic rings. The second-order valence-corrected chi connectivity index (χ2v) is 8.47. The number of hydrogen-bond donors (Lipinski definition) is 1. The van der Waals surface area contributed by atoms with Crippen molar-refractivity contribution in [3.63, 3.8) is 0 Å². The third kappa shape index (κ3) is 4.67. The van der Waals surface area contributed by atoms with Gasteiger partial charge in [-0.1, -0.05) is 29.3 Å². The van der Waals surface area contributed by atoms with E-state index in [1.165, 1.54) is 12.1 Å². The van der Waals surface area contributed by atoms with Crippen LogP contribution in [0.2, 0.25) is 10.0 Å². The summed E-state index contributed by atoms with van der Waals surface area (Å²) in [5, 5.41) is 4.18. The first-order chi connectivity index (χ1) is 15.3. The van der Waals surface area contributed by atoms with E-state index in [4.69, 9.17) is 27.9 Å². The molecule has 0 aliphatic carbocycles. The first kappa shape index (κ1) is 22.8. The highest BCUT2D eigenvalue weighted by molar-refractivity contribution is 6.42. The van der Waals surface area contributed by atoms with Crippen LogP contribution in [0.25, 0.3) is 10.9 Å². The van der Waals surface area contributed by atoms with Crippen molar-refractivity contribution in [2.24, 2.45) is 0 Å². The van der Waals surface area contributed by atoms with E-state index in [2.05, 4.69) is 5.32 Å². The molecule has 10 heteroatoms. The number of nitrogens with zero attached hydrogens (tertiary/aromatic N) is 2. The Kier molecular flexibility index (Phi) is 6.83. The minimum absolute atomic E-state index is 0.00240. The third-order valence-electron chi connectivity index (χ3n) is 5.51. The number of ether oxygens (including phenoxy) is 1. The molecule has 0 saturated carbocycles. The molecular weight excluding hydrogens is 463 g/mol. The maximum atomic E-state index is 13.5. The smallest absolute Gasteiger partial charge is 0.332 e. The first-order valence-electron chi connectivity index (χ1n) is 10.2. The van der Waals surface area contributed by atoms with Gasteiger partial charge in [0.1, 0.15) is 12.4 Å². The van der Waals surface area contributed by atoms with E-state index in [0.29, 0.717) is 21.1 Å². The summed E-state index contributed by atoms with van der Waals surface area (Å²) in [4.78, 5) is 26.8. The van der Waals surface area contributed by atoms with Crippen molar-refractivity contribution in [1.82, 2.24) is 14.5 Å². The molecular formula is C22H21Cl2F2N3O3. The Morgan fingerprint density at radius 2 is 1.81 bits per heavy atom. The van der Waals surface area contributed by atoms with Gasteiger partial charge in [-0.25, -0.2) is 13.6 Å². The summed E-state index contributed by atoms with van der Waals surface area (Å²) in [6.45, 7) is 0.717. The predicted molar refractivity (Wildman–Crippen MR) is 121 cm³/mol. The van der Waals surface area contributed by atoms with Gasteiger partial charge >= 0.3 is 5.69 Å². The summed E-state index contributed by atoms with van der Waals surface area (Å²) in [7, 11) is 0. The molecule has 1 fully saturated rings. The Balaban J connectivity index is 1.88. The molecule has 1 N–H and O–H groups in total. The van der Waals surface area contributed by atoms with Gasteiger partial charge in [0, 0.05) is 6.04 Å². The molecule has 1 aliphatic rings. The van der Waals surface area contributed by atoms with Crippen molar-refractivity contribution >= 4 is 34.1 Å². The standard InChI is InChI=1S/C22H21Cl2F2N3O3/c23-17-3-1-13(9-18(17)24)11-28-21(30)16-10-15(32-12-20(25)26)2-4-19(16)29(22(28)31)14-5-7-27-8-6-14/h1-4,9-10,14,20,27H,5-8,11-12H2. The van der Waals surface area contributed by atoms with Gasteiger partial charge in [0.05, 0.1) is 27.5 Å². The summed E-state index contributed by atoms with van der Waals surface area (Å²) in [5.74, 6) is 0.145. The van der Waals surface area contributed by atoms with Crippen LogP contribution in [-0.2, 0) is 6.54 Å². The largest absolute Gasteiger partial charge is 0.488 e. The quantitative estimate of drug-likeness (QED) is 0.573. The molecule has 170 valence electrons. The molecule has 0 radical (unpaired) electrons. The molecule has 2 heterocycles. The Labute approximate surface area is 192 Å². The fourth-order valence-corrected chi connectivity index (χ4v) is 4.31. The molecule has 2 aromatic carbocycles. The molecule has 0 bridgehead atoms. The van der Waals surface area contributed by atoms with Gasteiger partial charge in [-0.15, -0.1) is 0 Å². The van der Waals surface area contributed by atoms with E-state index >= 15 is 0 Å². The Morgan fingerprint density at radius 1 is 1.06 bits per heavy atom. The van der Waals surface area contributed by atoms with Crippen LogP contribution in [0, 0.1) is 0 Å². The SMILES string of the molecule is O=c1c2cc(OCC(F)F)ccc2n(C2CCNCC2)c(=O)n1Cc1ccc(Cl)c(Cl)c1. The van der Waals surface area contributed by atoms with Gasteiger partial charge in [-0.3, -0.25) is 13.9 Å². The zero-order valence-corrected chi connectivity index (χ0v) is 18.5. The van der Waals surface area contributed by atoms with Crippen LogP contribution >= 0.6 is 23.2 Å². The minimum Gasteiger partial charge on any atom is -0.488 e. The zero-order chi connectivity index (χ0) is 22.8. The summed E-state index contributed by atoms with van der Waals surface area (Å²) >= 11 is 12.1. The second-order valence-electron chi connectivity index (χ2n) is 7.65. The predicted octanol–water partition coefficient (Wildman–Crippen LogP) is 4.09. The molecule has 1 aromatic heterocycles. The number of piperidine rings is 1. The minimum atomic E-state index is -2.64. The van der Waals surface area contributed by atoms with Crippen molar-refractivity contribution in [2.45, 2.75) is 31.9 Å². The molecule has 0 unspecified atom stereocenters.